The van der Waals surface area contributed by atoms with Crippen molar-refractivity contribution >= 4 is 26.6 Å². The van der Waals surface area contributed by atoms with Crippen LogP contribution in [0.1, 0.15) is 18.9 Å². The van der Waals surface area contributed by atoms with Gasteiger partial charge in [-0.05, 0) is 49.2 Å². The molecule has 174 valence electrons. The lowest BCUT2D eigenvalue weighted by Crippen LogP contribution is -2.24. The van der Waals surface area contributed by atoms with E-state index >= 15 is 0 Å². The number of nitrogens with zero attached hydrogens (tertiary/aromatic N) is 5. The zero-order valence-corrected chi connectivity index (χ0v) is 19.7. The van der Waals surface area contributed by atoms with Crippen molar-refractivity contribution < 1.29 is 13.2 Å². The Morgan fingerprint density at radius 1 is 1.18 bits per heavy atom. The van der Waals surface area contributed by atoms with Gasteiger partial charge in [0, 0.05) is 36.9 Å². The Balaban J connectivity index is 1.48. The van der Waals surface area contributed by atoms with Crippen LogP contribution in [0.15, 0.2) is 60.9 Å². The molecule has 5 rings (SSSR count). The largest absolute Gasteiger partial charge is 0.492 e. The van der Waals surface area contributed by atoms with E-state index in [0.29, 0.717) is 43.9 Å². The first-order chi connectivity index (χ1) is 16.5. The summed E-state index contributed by atoms with van der Waals surface area (Å²) < 4.78 is 35.9. The minimum atomic E-state index is -3.23. The van der Waals surface area contributed by atoms with Crippen molar-refractivity contribution in [3.8, 4) is 23.1 Å². The second-order valence-corrected chi connectivity index (χ2v) is 10.2. The molecule has 1 fully saturated rings. The van der Waals surface area contributed by atoms with Crippen molar-refractivity contribution in [3.63, 3.8) is 0 Å². The van der Waals surface area contributed by atoms with Gasteiger partial charge in [0.2, 0.25) is 10.0 Å². The molecule has 9 heteroatoms. The van der Waals surface area contributed by atoms with E-state index in [1.807, 2.05) is 66.3 Å². The highest BCUT2D eigenvalue weighted by molar-refractivity contribution is 7.93. The Hall–Kier alpha value is -3.77. The second kappa shape index (κ2) is 8.88. The zero-order chi connectivity index (χ0) is 23.7. The monoisotopic (exact) mass is 475 g/mol. The Bertz CT molecular complexity index is 1470. The first-order valence-corrected chi connectivity index (χ1v) is 12.9. The molecule has 0 amide bonds. The number of anilines is 1. The first kappa shape index (κ1) is 22.0. The van der Waals surface area contributed by atoms with Crippen LogP contribution in [0.5, 0.6) is 5.75 Å². The van der Waals surface area contributed by atoms with Crippen molar-refractivity contribution in [1.82, 2.24) is 14.3 Å². The molecule has 0 radical (unpaired) electrons. The quantitative estimate of drug-likeness (QED) is 0.403. The Morgan fingerprint density at radius 2 is 2.00 bits per heavy atom. The minimum Gasteiger partial charge on any atom is -0.492 e. The average molecular weight is 476 g/mol. The van der Waals surface area contributed by atoms with Crippen LogP contribution in [0, 0.1) is 11.3 Å². The lowest BCUT2D eigenvalue weighted by atomic mass is 10.1. The van der Waals surface area contributed by atoms with Gasteiger partial charge in [-0.2, -0.15) is 10.4 Å². The van der Waals surface area contributed by atoms with Gasteiger partial charge in [0.25, 0.3) is 0 Å². The van der Waals surface area contributed by atoms with E-state index in [-0.39, 0.29) is 5.75 Å². The normalized spacial score (nSPS) is 15.0. The SMILES string of the molecule is CCn1c(-c2ccc(N3CCCS3(=O)=O)cc2)c(C#N)c2ccc(OCCn3cccn3)cc21. The highest BCUT2D eigenvalue weighted by Crippen LogP contribution is 2.36. The maximum atomic E-state index is 12.3. The van der Waals surface area contributed by atoms with Gasteiger partial charge in [-0.25, -0.2) is 8.42 Å². The Labute approximate surface area is 198 Å². The summed E-state index contributed by atoms with van der Waals surface area (Å²) in [5.74, 6) is 0.918. The van der Waals surface area contributed by atoms with E-state index in [2.05, 4.69) is 15.7 Å². The fourth-order valence-corrected chi connectivity index (χ4v) is 6.13. The molecule has 0 N–H and O–H groups in total. The molecule has 4 aromatic rings. The number of hydrogen-bond acceptors (Lipinski definition) is 5. The molecule has 1 aliphatic rings. The summed E-state index contributed by atoms with van der Waals surface area (Å²) in [6.07, 6.45) is 4.27. The van der Waals surface area contributed by atoms with Gasteiger partial charge in [-0.3, -0.25) is 8.99 Å². The smallest absolute Gasteiger partial charge is 0.235 e. The Morgan fingerprint density at radius 3 is 2.65 bits per heavy atom. The molecule has 1 aliphatic heterocycles. The summed E-state index contributed by atoms with van der Waals surface area (Å²) in [4.78, 5) is 0. The van der Waals surface area contributed by atoms with Crippen LogP contribution in [0.3, 0.4) is 0 Å². The van der Waals surface area contributed by atoms with Crippen LogP contribution < -0.4 is 9.04 Å². The first-order valence-electron chi connectivity index (χ1n) is 11.3. The summed E-state index contributed by atoms with van der Waals surface area (Å²) in [6, 6.07) is 17.5. The number of rotatable bonds is 7. The summed E-state index contributed by atoms with van der Waals surface area (Å²) in [6.45, 7) is 4.35. The van der Waals surface area contributed by atoms with Gasteiger partial charge in [0.15, 0.2) is 0 Å². The van der Waals surface area contributed by atoms with Gasteiger partial charge >= 0.3 is 0 Å². The number of fused-ring (bicyclic) bond motifs is 1. The molecule has 3 heterocycles. The standard InChI is InChI=1S/C25H25N5O3S/c1-2-29-24-17-21(33-15-14-28-12-3-11-27-28)9-10-22(24)23(18-26)25(29)19-5-7-20(8-6-19)30-13-4-16-34(30,31)32/h3,5-12,17H,2,4,13-16H2,1H3. The third-order valence-corrected chi connectivity index (χ3v) is 8.01. The van der Waals surface area contributed by atoms with Gasteiger partial charge in [-0.1, -0.05) is 12.1 Å². The van der Waals surface area contributed by atoms with Crippen LogP contribution in [0.25, 0.3) is 22.2 Å². The molecular weight excluding hydrogens is 450 g/mol. The van der Waals surface area contributed by atoms with Crippen molar-refractivity contribution in [2.45, 2.75) is 26.4 Å². The molecule has 0 unspecified atom stereocenters. The highest BCUT2D eigenvalue weighted by Gasteiger charge is 2.28. The number of hydrogen-bond donors (Lipinski definition) is 0. The third kappa shape index (κ3) is 3.90. The van der Waals surface area contributed by atoms with E-state index in [4.69, 9.17) is 4.74 Å². The zero-order valence-electron chi connectivity index (χ0n) is 18.9. The second-order valence-electron chi connectivity index (χ2n) is 8.16. The predicted octanol–water partition coefficient (Wildman–Crippen LogP) is 4.02. The van der Waals surface area contributed by atoms with Crippen molar-refractivity contribution in [1.29, 1.82) is 5.26 Å². The lowest BCUT2D eigenvalue weighted by molar-refractivity contribution is 0.291. The molecule has 0 spiro atoms. The average Bonchev–Trinajstić information content (AvgIpc) is 3.56. The van der Waals surface area contributed by atoms with Crippen molar-refractivity contribution in [2.24, 2.45) is 0 Å². The number of sulfonamides is 1. The fourth-order valence-electron chi connectivity index (χ4n) is 4.57. The molecule has 0 bridgehead atoms. The van der Waals surface area contributed by atoms with E-state index in [1.165, 1.54) is 4.31 Å². The topological polar surface area (TPSA) is 93.1 Å². The molecule has 1 saturated heterocycles. The van der Waals surface area contributed by atoms with Crippen LogP contribution in [-0.2, 0) is 23.1 Å². The summed E-state index contributed by atoms with van der Waals surface area (Å²) >= 11 is 0. The number of ether oxygens (including phenoxy) is 1. The molecule has 8 nitrogen and oxygen atoms in total. The summed E-state index contributed by atoms with van der Waals surface area (Å²) in [5, 5.41) is 15.1. The number of benzene rings is 2. The van der Waals surface area contributed by atoms with Crippen LogP contribution in [0.2, 0.25) is 0 Å². The number of aryl methyl sites for hydroxylation is 1. The predicted molar refractivity (Wildman–Crippen MR) is 131 cm³/mol. The summed E-state index contributed by atoms with van der Waals surface area (Å²) in [5.41, 5.74) is 3.88. The van der Waals surface area contributed by atoms with Crippen LogP contribution in [0.4, 0.5) is 5.69 Å². The Kier molecular flexibility index (Phi) is 5.75. The molecule has 2 aromatic carbocycles. The maximum absolute atomic E-state index is 12.3. The van der Waals surface area contributed by atoms with Crippen molar-refractivity contribution in [2.75, 3.05) is 23.2 Å². The molecule has 0 aliphatic carbocycles. The van der Waals surface area contributed by atoms with Crippen LogP contribution in [-0.4, -0.2) is 41.7 Å². The molecule has 34 heavy (non-hydrogen) atoms. The number of aromatic nitrogens is 3. The van der Waals surface area contributed by atoms with E-state index < -0.39 is 10.0 Å². The summed E-state index contributed by atoms with van der Waals surface area (Å²) in [7, 11) is -3.23. The van der Waals surface area contributed by atoms with E-state index in [9.17, 15) is 13.7 Å². The van der Waals surface area contributed by atoms with Gasteiger partial charge in [-0.15, -0.1) is 0 Å². The van der Waals surface area contributed by atoms with E-state index in [1.54, 1.807) is 6.20 Å². The lowest BCUT2D eigenvalue weighted by Gasteiger charge is -2.17. The minimum absolute atomic E-state index is 0.184. The van der Waals surface area contributed by atoms with Crippen LogP contribution >= 0.6 is 0 Å². The molecule has 0 atom stereocenters. The number of nitriles is 1. The molecular formula is C25H25N5O3S. The molecule has 0 saturated carbocycles. The van der Waals surface area contributed by atoms with Gasteiger partial charge in [0.1, 0.15) is 18.4 Å². The third-order valence-electron chi connectivity index (χ3n) is 6.14. The molecule has 2 aromatic heterocycles. The fraction of sp³-hybridized carbons (Fsp3) is 0.280. The van der Waals surface area contributed by atoms with E-state index in [0.717, 1.165) is 27.9 Å². The van der Waals surface area contributed by atoms with Gasteiger partial charge in [0.05, 0.1) is 34.8 Å². The van der Waals surface area contributed by atoms with Crippen molar-refractivity contribution in [3.05, 3.63) is 66.5 Å². The highest BCUT2D eigenvalue weighted by atomic mass is 32.2. The maximum Gasteiger partial charge on any atom is 0.235 e. The van der Waals surface area contributed by atoms with Gasteiger partial charge < -0.3 is 9.30 Å².